The molecule has 0 bridgehead atoms. The molecule has 7 heteroatoms. The number of carbonyl (C=O) groups excluding carboxylic acids is 2. The number of carbonyl (C=O) groups is 2. The van der Waals surface area contributed by atoms with Crippen LogP contribution in [-0.2, 0) is 9.53 Å². The van der Waals surface area contributed by atoms with Crippen molar-refractivity contribution in [3.63, 3.8) is 0 Å². The van der Waals surface area contributed by atoms with E-state index in [0.717, 1.165) is 34.2 Å². The quantitative estimate of drug-likeness (QED) is 0.636. The first-order chi connectivity index (χ1) is 14.1. The average molecular weight is 417 g/mol. The number of Topliss-reactive ketones (excluding diaryl/α,β-unsaturated/α-hetero) is 1. The maximum Gasteiger partial charge on any atom is 0.220 e. The van der Waals surface area contributed by atoms with Crippen molar-refractivity contribution < 1.29 is 19.1 Å². The first kappa shape index (κ1) is 21.5. The van der Waals surface area contributed by atoms with E-state index >= 15 is 0 Å². The van der Waals surface area contributed by atoms with Gasteiger partial charge < -0.3 is 14.8 Å². The number of ketones is 1. The minimum Gasteiger partial charge on any atom is -0.497 e. The summed E-state index contributed by atoms with van der Waals surface area (Å²) >= 11 is 1.47. The third-order valence-corrected chi connectivity index (χ3v) is 6.12. The molecule has 0 unspecified atom stereocenters. The van der Waals surface area contributed by atoms with Crippen molar-refractivity contribution >= 4 is 23.0 Å². The molecule has 156 valence electrons. The Morgan fingerprint density at radius 2 is 1.86 bits per heavy atom. The molecule has 0 aliphatic carbocycles. The maximum atomic E-state index is 12.4. The summed E-state index contributed by atoms with van der Waals surface area (Å²) < 4.78 is 10.7. The van der Waals surface area contributed by atoms with E-state index in [0.29, 0.717) is 19.8 Å². The molecule has 1 saturated heterocycles. The lowest BCUT2D eigenvalue weighted by molar-refractivity contribution is -0.121. The number of morpholine rings is 1. The fourth-order valence-corrected chi connectivity index (χ4v) is 4.24. The van der Waals surface area contributed by atoms with Crippen molar-refractivity contribution in [2.75, 3.05) is 40.0 Å². The normalized spacial score (nSPS) is 15.7. The number of thiophene rings is 1. The van der Waals surface area contributed by atoms with Crippen molar-refractivity contribution in [3.8, 4) is 5.75 Å². The standard InChI is InChI=1S/C22H28N2O4S/c1-16-3-9-21(29-16)20(25)8-10-22(26)23-15-19(24-11-13-28-14-12-24)17-4-6-18(27-2)7-5-17/h3-7,9,19H,8,10-15H2,1-2H3,(H,23,26)/t19-/m0/s1. The first-order valence-electron chi connectivity index (χ1n) is 9.89. The van der Waals surface area contributed by atoms with Crippen molar-refractivity contribution in [1.82, 2.24) is 10.2 Å². The third kappa shape index (κ3) is 6.13. The zero-order valence-corrected chi connectivity index (χ0v) is 17.8. The number of benzene rings is 1. The summed E-state index contributed by atoms with van der Waals surface area (Å²) in [6, 6.07) is 11.8. The summed E-state index contributed by atoms with van der Waals surface area (Å²) in [5.74, 6) is 0.734. The van der Waals surface area contributed by atoms with E-state index in [4.69, 9.17) is 9.47 Å². The third-order valence-electron chi connectivity index (χ3n) is 5.07. The highest BCUT2D eigenvalue weighted by molar-refractivity contribution is 7.14. The zero-order valence-electron chi connectivity index (χ0n) is 17.0. The minimum atomic E-state index is -0.0987. The molecular weight excluding hydrogens is 388 g/mol. The summed E-state index contributed by atoms with van der Waals surface area (Å²) in [5.41, 5.74) is 1.12. The number of hydrogen-bond acceptors (Lipinski definition) is 6. The first-order valence-corrected chi connectivity index (χ1v) is 10.7. The molecule has 29 heavy (non-hydrogen) atoms. The van der Waals surface area contributed by atoms with Gasteiger partial charge in [0.1, 0.15) is 5.75 Å². The smallest absolute Gasteiger partial charge is 0.220 e. The van der Waals surface area contributed by atoms with Crippen LogP contribution < -0.4 is 10.1 Å². The molecular formula is C22H28N2O4S. The van der Waals surface area contributed by atoms with Crippen molar-refractivity contribution in [2.45, 2.75) is 25.8 Å². The number of nitrogens with zero attached hydrogens (tertiary/aromatic N) is 1. The number of nitrogens with one attached hydrogen (secondary N) is 1. The molecule has 0 radical (unpaired) electrons. The Labute approximate surface area is 175 Å². The van der Waals surface area contributed by atoms with Crippen LogP contribution in [0.4, 0.5) is 0 Å². The van der Waals surface area contributed by atoms with Crippen molar-refractivity contribution in [3.05, 3.63) is 51.7 Å². The minimum absolute atomic E-state index is 0.0260. The van der Waals surface area contributed by atoms with E-state index in [1.807, 2.05) is 43.3 Å². The fraction of sp³-hybridized carbons (Fsp3) is 0.455. The Morgan fingerprint density at radius 1 is 1.14 bits per heavy atom. The molecule has 2 aromatic rings. The molecule has 1 aliphatic rings. The molecule has 0 spiro atoms. The highest BCUT2D eigenvalue weighted by Crippen LogP contribution is 2.24. The average Bonchev–Trinajstić information content (AvgIpc) is 3.20. The Morgan fingerprint density at radius 3 is 2.48 bits per heavy atom. The zero-order chi connectivity index (χ0) is 20.6. The highest BCUT2D eigenvalue weighted by Gasteiger charge is 2.23. The molecule has 1 aliphatic heterocycles. The Hall–Kier alpha value is -2.22. The topological polar surface area (TPSA) is 67.9 Å². The molecule has 1 aromatic heterocycles. The molecule has 2 heterocycles. The van der Waals surface area contributed by atoms with Crippen LogP contribution in [0.15, 0.2) is 36.4 Å². The lowest BCUT2D eigenvalue weighted by Gasteiger charge is -2.35. The molecule has 1 atom stereocenters. The molecule has 1 N–H and O–H groups in total. The number of aryl methyl sites for hydroxylation is 1. The van der Waals surface area contributed by atoms with Crippen LogP contribution in [0, 0.1) is 6.92 Å². The molecule has 1 fully saturated rings. The van der Waals surface area contributed by atoms with E-state index in [1.54, 1.807) is 7.11 Å². The predicted molar refractivity (Wildman–Crippen MR) is 114 cm³/mol. The Kier molecular flexibility index (Phi) is 7.80. The number of methoxy groups -OCH3 is 1. The van der Waals surface area contributed by atoms with Gasteiger partial charge in [-0.3, -0.25) is 14.5 Å². The van der Waals surface area contributed by atoms with E-state index < -0.39 is 0 Å². The largest absolute Gasteiger partial charge is 0.497 e. The lowest BCUT2D eigenvalue weighted by atomic mass is 10.0. The molecule has 6 nitrogen and oxygen atoms in total. The van der Waals surface area contributed by atoms with Gasteiger partial charge in [0, 0.05) is 37.4 Å². The van der Waals surface area contributed by atoms with Crippen LogP contribution in [0.1, 0.15) is 39.0 Å². The molecule has 3 rings (SSSR count). The summed E-state index contributed by atoms with van der Waals surface area (Å²) in [6.07, 6.45) is 0.435. The van der Waals surface area contributed by atoms with Gasteiger partial charge in [0.25, 0.3) is 0 Å². The lowest BCUT2D eigenvalue weighted by Crippen LogP contribution is -2.43. The van der Waals surface area contributed by atoms with Crippen LogP contribution in [-0.4, -0.2) is 56.5 Å². The van der Waals surface area contributed by atoms with Crippen LogP contribution in [0.5, 0.6) is 5.75 Å². The van der Waals surface area contributed by atoms with Crippen LogP contribution >= 0.6 is 11.3 Å². The van der Waals surface area contributed by atoms with Gasteiger partial charge in [-0.2, -0.15) is 0 Å². The summed E-state index contributed by atoms with van der Waals surface area (Å²) in [5, 5.41) is 3.02. The molecule has 0 saturated carbocycles. The van der Waals surface area contributed by atoms with Gasteiger partial charge in [0.05, 0.1) is 31.2 Å². The second-order valence-corrected chi connectivity index (χ2v) is 8.36. The SMILES string of the molecule is COc1ccc([C@H](CNC(=O)CCC(=O)c2ccc(C)s2)N2CCOCC2)cc1. The van der Waals surface area contributed by atoms with Gasteiger partial charge in [0.2, 0.25) is 5.91 Å². The summed E-state index contributed by atoms with van der Waals surface area (Å²) in [7, 11) is 1.65. The van der Waals surface area contributed by atoms with Gasteiger partial charge in [-0.15, -0.1) is 11.3 Å². The van der Waals surface area contributed by atoms with E-state index in [9.17, 15) is 9.59 Å². The van der Waals surface area contributed by atoms with Gasteiger partial charge in [-0.25, -0.2) is 0 Å². The van der Waals surface area contributed by atoms with E-state index in [-0.39, 0.29) is 30.6 Å². The number of ether oxygens (including phenoxy) is 2. The Bertz CT molecular complexity index is 812. The molecule has 1 aromatic carbocycles. The molecule has 1 amide bonds. The Balaban J connectivity index is 1.56. The fourth-order valence-electron chi connectivity index (χ4n) is 3.41. The monoisotopic (exact) mass is 416 g/mol. The van der Waals surface area contributed by atoms with Crippen molar-refractivity contribution in [2.24, 2.45) is 0 Å². The highest BCUT2D eigenvalue weighted by atomic mass is 32.1. The van der Waals surface area contributed by atoms with Gasteiger partial charge in [-0.1, -0.05) is 12.1 Å². The number of rotatable bonds is 9. The van der Waals surface area contributed by atoms with E-state index in [1.165, 1.54) is 11.3 Å². The van der Waals surface area contributed by atoms with Crippen molar-refractivity contribution in [1.29, 1.82) is 0 Å². The van der Waals surface area contributed by atoms with E-state index in [2.05, 4.69) is 10.2 Å². The van der Waals surface area contributed by atoms with Gasteiger partial charge in [0.15, 0.2) is 5.78 Å². The second kappa shape index (κ2) is 10.5. The van der Waals surface area contributed by atoms with Crippen LogP contribution in [0.3, 0.4) is 0 Å². The predicted octanol–water partition coefficient (Wildman–Crippen LogP) is 3.22. The van der Waals surface area contributed by atoms with Gasteiger partial charge in [-0.05, 0) is 36.8 Å². The summed E-state index contributed by atoms with van der Waals surface area (Å²) in [6.45, 7) is 5.49. The maximum absolute atomic E-state index is 12.4. The van der Waals surface area contributed by atoms with Gasteiger partial charge >= 0.3 is 0 Å². The number of amides is 1. The van der Waals surface area contributed by atoms with Crippen LogP contribution in [0.25, 0.3) is 0 Å². The summed E-state index contributed by atoms with van der Waals surface area (Å²) in [4.78, 5) is 28.8. The van der Waals surface area contributed by atoms with Crippen LogP contribution in [0.2, 0.25) is 0 Å². The number of hydrogen-bond donors (Lipinski definition) is 1. The second-order valence-electron chi connectivity index (χ2n) is 7.07.